The van der Waals surface area contributed by atoms with Crippen LogP contribution < -0.4 is 15.5 Å². The van der Waals surface area contributed by atoms with Crippen LogP contribution >= 0.6 is 0 Å². The number of hydrogen-bond acceptors (Lipinski definition) is 8. The standard InChI is InChI=1S/C27H28N6O3/c1-16-24(17(2)36-32-16)19-8-9-22-21(12-19)26(31-25(30-22)27(34)29-20-13-28-14-20)33-10-11-35-15-23(33)18-6-4-3-5-7-18/h3-9,12,20,23,28H,10-11,13-15H2,1-2H3,(H,29,34)/t23-/m1/s1. The van der Waals surface area contributed by atoms with E-state index in [2.05, 4.69) is 43.9 Å². The van der Waals surface area contributed by atoms with Gasteiger partial charge in [-0.3, -0.25) is 4.79 Å². The van der Waals surface area contributed by atoms with Gasteiger partial charge in [0.15, 0.2) is 0 Å². The molecule has 2 aromatic heterocycles. The molecule has 0 saturated carbocycles. The molecule has 2 aliphatic rings. The zero-order valence-corrected chi connectivity index (χ0v) is 20.3. The first-order valence-electron chi connectivity index (χ1n) is 12.2. The van der Waals surface area contributed by atoms with E-state index in [4.69, 9.17) is 14.2 Å². The van der Waals surface area contributed by atoms with Gasteiger partial charge in [0.05, 0.1) is 36.5 Å². The number of fused-ring (bicyclic) bond motifs is 1. The number of aromatic nitrogens is 3. The molecule has 6 rings (SSSR count). The molecule has 0 unspecified atom stereocenters. The van der Waals surface area contributed by atoms with E-state index in [1.165, 1.54) is 0 Å². The number of morpholine rings is 1. The summed E-state index contributed by atoms with van der Waals surface area (Å²) in [5.74, 6) is 1.40. The number of amides is 1. The van der Waals surface area contributed by atoms with Gasteiger partial charge in [0.2, 0.25) is 5.82 Å². The number of anilines is 1. The van der Waals surface area contributed by atoms with Crippen molar-refractivity contribution in [2.75, 3.05) is 37.7 Å². The van der Waals surface area contributed by atoms with Crippen LogP contribution in [0.3, 0.4) is 0 Å². The SMILES string of the molecule is Cc1noc(C)c1-c1ccc2nc(C(=O)NC3CNC3)nc(N3CCOC[C@@H]3c3ccccc3)c2c1. The molecule has 9 nitrogen and oxygen atoms in total. The molecule has 0 bridgehead atoms. The van der Waals surface area contributed by atoms with Gasteiger partial charge in [-0.2, -0.15) is 0 Å². The molecule has 2 fully saturated rings. The van der Waals surface area contributed by atoms with E-state index < -0.39 is 0 Å². The molecule has 4 aromatic rings. The summed E-state index contributed by atoms with van der Waals surface area (Å²) in [7, 11) is 0. The molecule has 4 heterocycles. The zero-order valence-electron chi connectivity index (χ0n) is 20.3. The van der Waals surface area contributed by atoms with Crippen molar-refractivity contribution in [3.8, 4) is 11.1 Å². The van der Waals surface area contributed by atoms with Crippen molar-refractivity contribution in [3.05, 3.63) is 71.4 Å². The van der Waals surface area contributed by atoms with E-state index in [0.29, 0.717) is 25.3 Å². The van der Waals surface area contributed by atoms with Gasteiger partial charge in [-0.05, 0) is 37.1 Å². The summed E-state index contributed by atoms with van der Waals surface area (Å²) in [5, 5.41) is 11.2. The summed E-state index contributed by atoms with van der Waals surface area (Å²) in [6.07, 6.45) is 0. The van der Waals surface area contributed by atoms with E-state index in [1.54, 1.807) is 0 Å². The van der Waals surface area contributed by atoms with Gasteiger partial charge in [-0.1, -0.05) is 41.6 Å². The third-order valence-electron chi connectivity index (χ3n) is 6.90. The van der Waals surface area contributed by atoms with Crippen molar-refractivity contribution in [2.45, 2.75) is 25.9 Å². The molecule has 2 N–H and O–H groups in total. The Morgan fingerprint density at radius 2 is 1.94 bits per heavy atom. The number of hydrogen-bond donors (Lipinski definition) is 2. The van der Waals surface area contributed by atoms with Crippen LogP contribution in [0.4, 0.5) is 5.82 Å². The highest BCUT2D eigenvalue weighted by molar-refractivity contribution is 5.98. The van der Waals surface area contributed by atoms with Crippen molar-refractivity contribution < 1.29 is 14.1 Å². The Morgan fingerprint density at radius 1 is 1.11 bits per heavy atom. The molecule has 2 aromatic carbocycles. The van der Waals surface area contributed by atoms with Crippen LogP contribution in [-0.2, 0) is 4.74 Å². The molecule has 0 radical (unpaired) electrons. The first kappa shape index (κ1) is 22.6. The summed E-state index contributed by atoms with van der Waals surface area (Å²) in [6.45, 7) is 7.12. The van der Waals surface area contributed by atoms with E-state index in [9.17, 15) is 4.79 Å². The van der Waals surface area contributed by atoms with Crippen LogP contribution in [0.25, 0.3) is 22.0 Å². The average Bonchev–Trinajstić information content (AvgIpc) is 3.23. The summed E-state index contributed by atoms with van der Waals surface area (Å²) in [5.41, 5.74) is 4.62. The van der Waals surface area contributed by atoms with Gasteiger partial charge in [-0.25, -0.2) is 9.97 Å². The quantitative estimate of drug-likeness (QED) is 0.445. The summed E-state index contributed by atoms with van der Waals surface area (Å²) in [6, 6.07) is 16.3. The Bertz CT molecular complexity index is 1400. The second-order valence-electron chi connectivity index (χ2n) is 9.33. The molecular formula is C27H28N6O3. The minimum absolute atomic E-state index is 0.0347. The van der Waals surface area contributed by atoms with Crippen molar-refractivity contribution in [3.63, 3.8) is 0 Å². The molecule has 1 amide bonds. The predicted molar refractivity (Wildman–Crippen MR) is 136 cm³/mol. The fourth-order valence-corrected chi connectivity index (χ4v) is 4.93. The second-order valence-corrected chi connectivity index (χ2v) is 9.33. The minimum atomic E-state index is -0.260. The Kier molecular flexibility index (Phi) is 5.86. The maximum absolute atomic E-state index is 13.1. The summed E-state index contributed by atoms with van der Waals surface area (Å²) >= 11 is 0. The number of benzene rings is 2. The first-order valence-corrected chi connectivity index (χ1v) is 12.2. The number of aryl methyl sites for hydroxylation is 2. The smallest absolute Gasteiger partial charge is 0.289 e. The Morgan fingerprint density at radius 3 is 2.67 bits per heavy atom. The molecule has 9 heteroatoms. The molecule has 184 valence electrons. The fraction of sp³-hybridized carbons (Fsp3) is 0.333. The summed E-state index contributed by atoms with van der Waals surface area (Å²) in [4.78, 5) is 24.9. The van der Waals surface area contributed by atoms with Crippen LogP contribution in [0, 0.1) is 13.8 Å². The lowest BCUT2D eigenvalue weighted by molar-refractivity contribution is 0.0910. The van der Waals surface area contributed by atoms with Crippen molar-refractivity contribution in [2.24, 2.45) is 0 Å². The number of ether oxygens (including phenoxy) is 1. The van der Waals surface area contributed by atoms with Crippen molar-refractivity contribution in [1.29, 1.82) is 0 Å². The highest BCUT2D eigenvalue weighted by Gasteiger charge is 2.29. The highest BCUT2D eigenvalue weighted by Crippen LogP contribution is 2.36. The number of rotatable bonds is 5. The number of nitrogens with one attached hydrogen (secondary N) is 2. The Hall–Kier alpha value is -3.82. The molecule has 36 heavy (non-hydrogen) atoms. The third kappa shape index (κ3) is 4.10. The maximum Gasteiger partial charge on any atom is 0.289 e. The lowest BCUT2D eigenvalue weighted by Crippen LogP contribution is -2.57. The number of carbonyl (C=O) groups excluding carboxylic acids is 1. The van der Waals surface area contributed by atoms with Gasteiger partial charge in [0.1, 0.15) is 11.6 Å². The number of carbonyl (C=O) groups is 1. The van der Waals surface area contributed by atoms with Crippen LogP contribution in [0.2, 0.25) is 0 Å². The van der Waals surface area contributed by atoms with Crippen LogP contribution in [0.15, 0.2) is 53.1 Å². The maximum atomic E-state index is 13.1. The first-order chi connectivity index (χ1) is 17.6. The number of nitrogens with zero attached hydrogens (tertiary/aromatic N) is 4. The lowest BCUT2D eigenvalue weighted by atomic mass is 10.0. The highest BCUT2D eigenvalue weighted by atomic mass is 16.5. The molecular weight excluding hydrogens is 456 g/mol. The Labute approximate surface area is 208 Å². The van der Waals surface area contributed by atoms with Gasteiger partial charge in [0, 0.05) is 30.6 Å². The van der Waals surface area contributed by atoms with Gasteiger partial charge in [-0.15, -0.1) is 0 Å². The second kappa shape index (κ2) is 9.33. The largest absolute Gasteiger partial charge is 0.377 e. The van der Waals surface area contributed by atoms with E-state index in [-0.39, 0.29) is 23.8 Å². The van der Waals surface area contributed by atoms with E-state index >= 15 is 0 Å². The van der Waals surface area contributed by atoms with Gasteiger partial charge in [0.25, 0.3) is 5.91 Å². The molecule has 1 atom stereocenters. The van der Waals surface area contributed by atoms with Gasteiger partial charge < -0.3 is 24.8 Å². The molecule has 0 aliphatic carbocycles. The zero-order chi connectivity index (χ0) is 24.6. The predicted octanol–water partition coefficient (Wildman–Crippen LogP) is 3.18. The van der Waals surface area contributed by atoms with E-state index in [0.717, 1.165) is 52.4 Å². The van der Waals surface area contributed by atoms with Crippen molar-refractivity contribution >= 4 is 22.6 Å². The van der Waals surface area contributed by atoms with Crippen LogP contribution in [0.5, 0.6) is 0 Å². The minimum Gasteiger partial charge on any atom is -0.377 e. The van der Waals surface area contributed by atoms with Gasteiger partial charge >= 0.3 is 0 Å². The van der Waals surface area contributed by atoms with Crippen molar-refractivity contribution in [1.82, 2.24) is 25.8 Å². The van der Waals surface area contributed by atoms with Crippen LogP contribution in [0.1, 0.15) is 33.7 Å². The topological polar surface area (TPSA) is 105 Å². The monoisotopic (exact) mass is 484 g/mol. The van der Waals surface area contributed by atoms with Crippen LogP contribution in [-0.4, -0.2) is 59.9 Å². The van der Waals surface area contributed by atoms with E-state index in [1.807, 2.05) is 44.2 Å². The fourth-order valence-electron chi connectivity index (χ4n) is 4.93. The normalized spacial score (nSPS) is 18.3. The average molecular weight is 485 g/mol. The molecule has 2 saturated heterocycles. The Balaban J connectivity index is 1.50. The third-order valence-corrected chi connectivity index (χ3v) is 6.90. The molecule has 2 aliphatic heterocycles. The lowest BCUT2D eigenvalue weighted by Gasteiger charge is -2.37. The summed E-state index contributed by atoms with van der Waals surface area (Å²) < 4.78 is 11.3. The molecule has 0 spiro atoms.